The highest BCUT2D eigenvalue weighted by Crippen LogP contribution is 2.32. The van der Waals surface area contributed by atoms with Gasteiger partial charge in [-0.1, -0.05) is 6.07 Å². The highest BCUT2D eigenvalue weighted by molar-refractivity contribution is 6.30. The van der Waals surface area contributed by atoms with Gasteiger partial charge in [-0.3, -0.25) is 4.79 Å². The van der Waals surface area contributed by atoms with Crippen LogP contribution in [0.5, 0.6) is 11.5 Å². The molecule has 0 aliphatic heterocycles. The second kappa shape index (κ2) is 7.70. The number of amides is 1. The number of carbonyl (C=O) groups excluding carboxylic acids is 1. The van der Waals surface area contributed by atoms with E-state index in [4.69, 9.17) is 21.1 Å². The fourth-order valence-electron chi connectivity index (χ4n) is 1.98. The maximum Gasteiger partial charge on any atom is 0.242 e. The fraction of sp³-hybridized carbons (Fsp3) is 0.333. The minimum atomic E-state index is -0.789. The van der Waals surface area contributed by atoms with Crippen molar-refractivity contribution in [3.8, 4) is 11.5 Å². The van der Waals surface area contributed by atoms with Crippen molar-refractivity contribution >= 4 is 17.5 Å². The summed E-state index contributed by atoms with van der Waals surface area (Å²) in [5.41, 5.74) is 0.652. The normalized spacial score (nSPS) is 11.8. The van der Waals surface area contributed by atoms with Crippen LogP contribution < -0.4 is 14.8 Å². The van der Waals surface area contributed by atoms with E-state index in [0.29, 0.717) is 30.2 Å². The molecule has 0 spiro atoms. The fourth-order valence-corrected chi connectivity index (χ4v) is 2.19. The van der Waals surface area contributed by atoms with Crippen LogP contribution in [0.2, 0.25) is 0 Å². The Bertz CT molecular complexity index is 617. The van der Waals surface area contributed by atoms with Gasteiger partial charge in [0, 0.05) is 25.5 Å². The van der Waals surface area contributed by atoms with Crippen LogP contribution in [-0.4, -0.2) is 36.2 Å². The third kappa shape index (κ3) is 3.92. The number of carbonyl (C=O) groups is 1. The van der Waals surface area contributed by atoms with E-state index in [1.165, 1.54) is 7.11 Å². The van der Waals surface area contributed by atoms with Crippen molar-refractivity contribution in [1.82, 2.24) is 14.9 Å². The molecule has 0 aliphatic carbocycles. The molecular formula is C15H18ClN3O3. The third-order valence-corrected chi connectivity index (χ3v) is 3.61. The number of ether oxygens (including phenoxy) is 2. The topological polar surface area (TPSA) is 65.4 Å². The number of imidazole rings is 1. The van der Waals surface area contributed by atoms with Crippen molar-refractivity contribution < 1.29 is 14.3 Å². The highest BCUT2D eigenvalue weighted by Gasteiger charge is 2.19. The van der Waals surface area contributed by atoms with Gasteiger partial charge >= 0.3 is 0 Å². The molecule has 22 heavy (non-hydrogen) atoms. The van der Waals surface area contributed by atoms with Crippen LogP contribution in [0.4, 0.5) is 0 Å². The predicted molar refractivity (Wildman–Crippen MR) is 83.4 cm³/mol. The van der Waals surface area contributed by atoms with Crippen molar-refractivity contribution in [2.75, 3.05) is 20.8 Å². The minimum Gasteiger partial charge on any atom is -0.493 e. The predicted octanol–water partition coefficient (Wildman–Crippen LogP) is 2.00. The first-order valence-electron chi connectivity index (χ1n) is 6.75. The number of alkyl halides is 1. The van der Waals surface area contributed by atoms with E-state index >= 15 is 0 Å². The smallest absolute Gasteiger partial charge is 0.242 e. The monoisotopic (exact) mass is 323 g/mol. The molecule has 0 bridgehead atoms. The number of nitrogens with zero attached hydrogens (tertiary/aromatic N) is 2. The van der Waals surface area contributed by atoms with E-state index in [0.717, 1.165) is 0 Å². The maximum atomic E-state index is 12.1. The average Bonchev–Trinajstić information content (AvgIpc) is 3.06. The van der Waals surface area contributed by atoms with Crippen LogP contribution >= 0.6 is 11.6 Å². The van der Waals surface area contributed by atoms with Crippen molar-refractivity contribution in [2.24, 2.45) is 0 Å². The summed E-state index contributed by atoms with van der Waals surface area (Å²) in [7, 11) is 3.09. The molecule has 2 rings (SSSR count). The van der Waals surface area contributed by atoms with Crippen molar-refractivity contribution in [1.29, 1.82) is 0 Å². The molecule has 0 aliphatic rings. The molecule has 1 amide bonds. The van der Waals surface area contributed by atoms with E-state index < -0.39 is 5.38 Å². The molecule has 1 N–H and O–H groups in total. The Labute approximate surface area is 134 Å². The molecule has 6 nitrogen and oxygen atoms in total. The Morgan fingerprint density at radius 3 is 2.77 bits per heavy atom. The SMILES string of the molecule is COc1ccc(C(Cl)C(=O)NCCn2ccnc2)cc1OC. The summed E-state index contributed by atoms with van der Waals surface area (Å²) in [6, 6.07) is 5.17. The Kier molecular flexibility index (Phi) is 5.66. The molecule has 118 valence electrons. The third-order valence-electron chi connectivity index (χ3n) is 3.16. The molecule has 0 saturated heterocycles. The zero-order valence-electron chi connectivity index (χ0n) is 12.5. The van der Waals surface area contributed by atoms with Crippen LogP contribution in [0.25, 0.3) is 0 Å². The lowest BCUT2D eigenvalue weighted by Gasteiger charge is -2.14. The lowest BCUT2D eigenvalue weighted by molar-refractivity contribution is -0.120. The lowest BCUT2D eigenvalue weighted by atomic mass is 10.1. The summed E-state index contributed by atoms with van der Waals surface area (Å²) < 4.78 is 12.2. The van der Waals surface area contributed by atoms with Gasteiger partial charge in [0.25, 0.3) is 0 Å². The van der Waals surface area contributed by atoms with Crippen molar-refractivity contribution in [3.63, 3.8) is 0 Å². The first-order chi connectivity index (χ1) is 10.7. The zero-order chi connectivity index (χ0) is 15.9. The van der Waals surface area contributed by atoms with Gasteiger partial charge in [-0.2, -0.15) is 0 Å². The van der Waals surface area contributed by atoms with E-state index in [9.17, 15) is 4.79 Å². The van der Waals surface area contributed by atoms with Crippen LogP contribution in [0.3, 0.4) is 0 Å². The largest absolute Gasteiger partial charge is 0.493 e. The van der Waals surface area contributed by atoms with Gasteiger partial charge in [0.2, 0.25) is 5.91 Å². The van der Waals surface area contributed by atoms with E-state index in [2.05, 4.69) is 10.3 Å². The zero-order valence-corrected chi connectivity index (χ0v) is 13.2. The number of methoxy groups -OCH3 is 2. The Balaban J connectivity index is 1.94. The molecule has 0 radical (unpaired) electrons. The second-order valence-corrected chi connectivity index (χ2v) is 5.00. The molecular weight excluding hydrogens is 306 g/mol. The standard InChI is InChI=1S/C15H18ClN3O3/c1-21-12-4-3-11(9-13(12)22-2)14(16)15(20)18-6-8-19-7-5-17-10-19/h3-5,7,9-10,14H,6,8H2,1-2H3,(H,18,20). The first-order valence-corrected chi connectivity index (χ1v) is 7.18. The van der Waals surface area contributed by atoms with Crippen LogP contribution in [0, 0.1) is 0 Å². The highest BCUT2D eigenvalue weighted by atomic mass is 35.5. The summed E-state index contributed by atoms with van der Waals surface area (Å²) in [6.45, 7) is 1.12. The van der Waals surface area contributed by atoms with Crippen LogP contribution in [0.15, 0.2) is 36.9 Å². The van der Waals surface area contributed by atoms with E-state index in [1.807, 2.05) is 10.8 Å². The molecule has 2 aromatic rings. The number of hydrogen-bond donors (Lipinski definition) is 1. The Hall–Kier alpha value is -2.21. The number of nitrogens with one attached hydrogen (secondary N) is 1. The van der Waals surface area contributed by atoms with Crippen molar-refractivity contribution in [3.05, 3.63) is 42.5 Å². The van der Waals surface area contributed by atoms with Gasteiger partial charge in [0.05, 0.1) is 20.5 Å². The van der Waals surface area contributed by atoms with Gasteiger partial charge in [0.1, 0.15) is 5.38 Å². The van der Waals surface area contributed by atoms with Gasteiger partial charge in [-0.15, -0.1) is 11.6 Å². The Morgan fingerprint density at radius 2 is 2.14 bits per heavy atom. The molecule has 0 saturated carbocycles. The lowest BCUT2D eigenvalue weighted by Crippen LogP contribution is -2.29. The van der Waals surface area contributed by atoms with Gasteiger partial charge < -0.3 is 19.4 Å². The maximum absolute atomic E-state index is 12.1. The number of benzene rings is 1. The molecule has 1 heterocycles. The van der Waals surface area contributed by atoms with Gasteiger partial charge in [-0.05, 0) is 17.7 Å². The summed E-state index contributed by atoms with van der Waals surface area (Å²) >= 11 is 6.21. The second-order valence-electron chi connectivity index (χ2n) is 4.57. The summed E-state index contributed by atoms with van der Waals surface area (Å²) in [5.74, 6) is 0.876. The molecule has 1 aromatic carbocycles. The Morgan fingerprint density at radius 1 is 1.36 bits per heavy atom. The quantitative estimate of drug-likeness (QED) is 0.791. The first kappa shape index (κ1) is 16.2. The van der Waals surface area contributed by atoms with Gasteiger partial charge in [0.15, 0.2) is 11.5 Å². The van der Waals surface area contributed by atoms with Gasteiger partial charge in [-0.25, -0.2) is 4.98 Å². The summed E-state index contributed by atoms with van der Waals surface area (Å²) in [4.78, 5) is 16.0. The molecule has 1 atom stereocenters. The molecule has 1 unspecified atom stereocenters. The molecule has 1 aromatic heterocycles. The van der Waals surface area contributed by atoms with Crippen LogP contribution in [-0.2, 0) is 11.3 Å². The van der Waals surface area contributed by atoms with E-state index in [-0.39, 0.29) is 5.91 Å². The average molecular weight is 324 g/mol. The number of halogens is 1. The summed E-state index contributed by atoms with van der Waals surface area (Å²) in [6.07, 6.45) is 5.22. The minimum absolute atomic E-state index is 0.256. The van der Waals surface area contributed by atoms with Crippen molar-refractivity contribution in [2.45, 2.75) is 11.9 Å². The summed E-state index contributed by atoms with van der Waals surface area (Å²) in [5, 5.41) is 2.00. The molecule has 0 fully saturated rings. The number of rotatable bonds is 7. The van der Waals surface area contributed by atoms with E-state index in [1.54, 1.807) is 37.8 Å². The molecule has 7 heteroatoms. The number of hydrogen-bond acceptors (Lipinski definition) is 4. The van der Waals surface area contributed by atoms with Crippen LogP contribution in [0.1, 0.15) is 10.9 Å². The number of aromatic nitrogens is 2.